The van der Waals surface area contributed by atoms with Crippen molar-refractivity contribution in [1.29, 1.82) is 0 Å². The Morgan fingerprint density at radius 1 is 0.304 bits per heavy atom. The Hall–Kier alpha value is -3.08. The van der Waals surface area contributed by atoms with E-state index in [4.69, 9.17) is 56.8 Å². The first kappa shape index (κ1) is 47.3. The van der Waals surface area contributed by atoms with Gasteiger partial charge >= 0.3 is 0 Å². The summed E-state index contributed by atoms with van der Waals surface area (Å²) in [5.41, 5.74) is 2.45. The fraction of sp³-hybridized carbons (Fsp3) is 0.545. The van der Waals surface area contributed by atoms with Gasteiger partial charge in [0.25, 0.3) is 0 Å². The van der Waals surface area contributed by atoms with Crippen LogP contribution in [0.4, 0.5) is 0 Å². The molecule has 312 valence electrons. The maximum absolute atomic E-state index is 6.73. The quantitative estimate of drug-likeness (QED) is 0.0422. The Kier molecular flexibility index (Phi) is 28.7. The molecule has 0 N–H and O–H groups in total. The van der Waals surface area contributed by atoms with Crippen molar-refractivity contribution in [2.75, 3.05) is 152 Å². The summed E-state index contributed by atoms with van der Waals surface area (Å²) in [4.78, 5) is 0. The molecular weight excluding hydrogens is 720 g/mol. The van der Waals surface area contributed by atoms with Gasteiger partial charge in [0.05, 0.1) is 152 Å². The summed E-state index contributed by atoms with van der Waals surface area (Å²) in [6, 6.07) is 31.0. The molecule has 0 unspecified atom stereocenters. The van der Waals surface area contributed by atoms with Crippen LogP contribution in [0.15, 0.2) is 104 Å². The van der Waals surface area contributed by atoms with E-state index in [9.17, 15) is 0 Å². The molecule has 0 aliphatic carbocycles. The Bertz CT molecular complexity index is 1190. The van der Waals surface area contributed by atoms with Crippen LogP contribution in [0.1, 0.15) is 16.7 Å². The van der Waals surface area contributed by atoms with E-state index >= 15 is 0 Å². The molecule has 0 radical (unpaired) electrons. The second-order valence-electron chi connectivity index (χ2n) is 12.1. The lowest BCUT2D eigenvalue weighted by Gasteiger charge is -2.36. The van der Waals surface area contributed by atoms with Crippen LogP contribution in [0.3, 0.4) is 0 Å². The van der Waals surface area contributed by atoms with Gasteiger partial charge < -0.3 is 56.8 Å². The largest absolute Gasteiger partial charge is 0.377 e. The van der Waals surface area contributed by atoms with Crippen LogP contribution in [0, 0.1) is 0 Å². The summed E-state index contributed by atoms with van der Waals surface area (Å²) in [5, 5.41) is 0. The van der Waals surface area contributed by atoms with Crippen LogP contribution >= 0.6 is 0 Å². The average molecular weight is 785 g/mol. The van der Waals surface area contributed by atoms with Crippen molar-refractivity contribution >= 4 is 0 Å². The third kappa shape index (κ3) is 21.4. The lowest BCUT2D eigenvalue weighted by molar-refractivity contribution is -0.0399. The van der Waals surface area contributed by atoms with E-state index in [-0.39, 0.29) is 0 Å². The highest BCUT2D eigenvalue weighted by atomic mass is 16.6. The van der Waals surface area contributed by atoms with E-state index in [1.54, 1.807) is 6.08 Å². The molecule has 3 aromatic rings. The van der Waals surface area contributed by atoms with Gasteiger partial charge in [0.1, 0.15) is 5.60 Å². The molecule has 0 fully saturated rings. The van der Waals surface area contributed by atoms with Crippen LogP contribution in [-0.2, 0) is 62.4 Å². The van der Waals surface area contributed by atoms with Gasteiger partial charge in [0.15, 0.2) is 0 Å². The minimum Gasteiger partial charge on any atom is -0.377 e. The van der Waals surface area contributed by atoms with Crippen molar-refractivity contribution in [2.45, 2.75) is 5.60 Å². The molecule has 12 nitrogen and oxygen atoms in total. The van der Waals surface area contributed by atoms with Gasteiger partial charge in [-0.1, -0.05) is 97.1 Å². The highest BCUT2D eigenvalue weighted by Gasteiger charge is 2.37. The fourth-order valence-electron chi connectivity index (χ4n) is 5.39. The van der Waals surface area contributed by atoms with Crippen molar-refractivity contribution in [3.63, 3.8) is 0 Å². The summed E-state index contributed by atoms with van der Waals surface area (Å²) in [5.74, 6) is 0. The first-order chi connectivity index (χ1) is 27.9. The van der Waals surface area contributed by atoms with Gasteiger partial charge in [-0.3, -0.25) is 0 Å². The second-order valence-corrected chi connectivity index (χ2v) is 12.1. The van der Waals surface area contributed by atoms with Gasteiger partial charge in [-0.2, -0.15) is 0 Å². The maximum atomic E-state index is 6.73. The molecular formula is C44H64O12. The number of ether oxygens (including phenoxy) is 12. The van der Waals surface area contributed by atoms with Gasteiger partial charge in [-0.15, -0.1) is 6.58 Å². The number of rotatable bonds is 39. The topological polar surface area (TPSA) is 111 Å². The van der Waals surface area contributed by atoms with E-state index in [2.05, 4.69) is 43.0 Å². The van der Waals surface area contributed by atoms with E-state index in [1.807, 2.05) is 54.6 Å². The van der Waals surface area contributed by atoms with Crippen molar-refractivity contribution in [3.05, 3.63) is 120 Å². The molecule has 0 saturated heterocycles. The Balaban J connectivity index is 1.04. The van der Waals surface area contributed by atoms with Crippen LogP contribution in [-0.4, -0.2) is 152 Å². The minimum atomic E-state index is -0.753. The van der Waals surface area contributed by atoms with Crippen LogP contribution < -0.4 is 0 Å². The van der Waals surface area contributed by atoms with Gasteiger partial charge in [0.2, 0.25) is 0 Å². The van der Waals surface area contributed by atoms with E-state index in [0.717, 1.165) is 16.7 Å². The predicted molar refractivity (Wildman–Crippen MR) is 214 cm³/mol. The van der Waals surface area contributed by atoms with E-state index in [0.29, 0.717) is 152 Å². The molecule has 0 aliphatic rings. The van der Waals surface area contributed by atoms with Crippen molar-refractivity contribution in [3.8, 4) is 0 Å². The molecule has 0 aliphatic heterocycles. The molecule has 12 heteroatoms. The number of hydrogen-bond donors (Lipinski definition) is 0. The maximum Gasteiger partial charge on any atom is 0.143 e. The van der Waals surface area contributed by atoms with Crippen LogP contribution in [0.2, 0.25) is 0 Å². The Morgan fingerprint density at radius 3 is 0.750 bits per heavy atom. The summed E-state index contributed by atoms with van der Waals surface area (Å²) in [6.07, 6.45) is 1.71. The van der Waals surface area contributed by atoms with E-state index in [1.165, 1.54) is 0 Å². The summed E-state index contributed by atoms with van der Waals surface area (Å²) < 4.78 is 67.5. The Labute approximate surface area is 334 Å². The lowest BCUT2D eigenvalue weighted by atomic mass is 9.80. The van der Waals surface area contributed by atoms with E-state index < -0.39 is 5.60 Å². The summed E-state index contributed by atoms with van der Waals surface area (Å²) in [6.45, 7) is 15.1. The van der Waals surface area contributed by atoms with Crippen molar-refractivity contribution < 1.29 is 56.8 Å². The predicted octanol–water partition coefficient (Wildman–Crippen LogP) is 5.36. The molecule has 0 bridgehead atoms. The molecule has 56 heavy (non-hydrogen) atoms. The fourth-order valence-corrected chi connectivity index (χ4v) is 5.39. The third-order valence-corrected chi connectivity index (χ3v) is 8.04. The van der Waals surface area contributed by atoms with Gasteiger partial charge in [-0.05, 0) is 16.7 Å². The van der Waals surface area contributed by atoms with Gasteiger partial charge in [0, 0.05) is 0 Å². The molecule has 0 aromatic heterocycles. The highest BCUT2D eigenvalue weighted by Crippen LogP contribution is 2.40. The average Bonchev–Trinajstić information content (AvgIpc) is 3.24. The zero-order chi connectivity index (χ0) is 39.3. The molecule has 0 atom stereocenters. The van der Waals surface area contributed by atoms with Crippen molar-refractivity contribution in [1.82, 2.24) is 0 Å². The number of benzene rings is 3. The highest BCUT2D eigenvalue weighted by molar-refractivity contribution is 5.47. The SMILES string of the molecule is C=CCOCCOCCOCCOCCOCCOCCOCCOCCOCCOCCOCCOC(c1ccccc1)(c1ccccc1)c1ccccc1. The number of hydrogen-bond acceptors (Lipinski definition) is 12. The summed E-state index contributed by atoms with van der Waals surface area (Å²) >= 11 is 0. The zero-order valence-corrected chi connectivity index (χ0v) is 33.1. The summed E-state index contributed by atoms with van der Waals surface area (Å²) in [7, 11) is 0. The monoisotopic (exact) mass is 784 g/mol. The third-order valence-electron chi connectivity index (χ3n) is 8.04. The molecule has 0 spiro atoms. The zero-order valence-electron chi connectivity index (χ0n) is 33.1. The first-order valence-corrected chi connectivity index (χ1v) is 19.6. The molecule has 3 aromatic carbocycles. The standard InChI is InChI=1S/C44H64O12/c1-2-18-45-19-20-46-21-22-47-23-24-48-25-26-49-27-28-50-29-30-51-31-32-52-33-34-53-35-36-54-37-38-55-39-40-56-44(41-12-6-3-7-13-41,42-14-8-4-9-15-42)43-16-10-5-11-17-43/h2-17H,1,18-40H2. The van der Waals surface area contributed by atoms with Crippen LogP contribution in [0.5, 0.6) is 0 Å². The van der Waals surface area contributed by atoms with Crippen LogP contribution in [0.25, 0.3) is 0 Å². The minimum absolute atomic E-state index is 0.415. The van der Waals surface area contributed by atoms with Gasteiger partial charge in [-0.25, -0.2) is 0 Å². The lowest BCUT2D eigenvalue weighted by Crippen LogP contribution is -2.34. The van der Waals surface area contributed by atoms with Crippen molar-refractivity contribution in [2.24, 2.45) is 0 Å². The molecule has 0 amide bonds. The Morgan fingerprint density at radius 2 is 0.518 bits per heavy atom. The second kappa shape index (κ2) is 34.0. The smallest absolute Gasteiger partial charge is 0.143 e. The molecule has 0 saturated carbocycles. The molecule has 0 heterocycles. The normalized spacial score (nSPS) is 11.6. The molecule has 3 rings (SSSR count). The first-order valence-electron chi connectivity index (χ1n) is 19.6.